The quantitative estimate of drug-likeness (QED) is 0.483. The molecule has 9 heavy (non-hydrogen) atoms. The first kappa shape index (κ1) is 6.66. The highest BCUT2D eigenvalue weighted by Gasteiger charge is 2.19. The van der Waals surface area contributed by atoms with Gasteiger partial charge in [-0.1, -0.05) is 20.4 Å². The van der Waals surface area contributed by atoms with Crippen LogP contribution < -0.4 is 0 Å². The van der Waals surface area contributed by atoms with Crippen LogP contribution in [0, 0.1) is 11.8 Å². The molecular weight excluding hydrogens is 112 g/mol. The molecule has 0 radical (unpaired) electrons. The van der Waals surface area contributed by atoms with Crippen molar-refractivity contribution in [2.24, 2.45) is 11.8 Å². The van der Waals surface area contributed by atoms with Crippen LogP contribution in [0.15, 0.2) is 12.3 Å². The first-order valence-corrected chi connectivity index (χ1v) is 3.50. The first-order chi connectivity index (χ1) is 4.20. The molecule has 0 aromatic carbocycles. The van der Waals surface area contributed by atoms with Gasteiger partial charge in [0.25, 0.3) is 0 Å². The van der Waals surface area contributed by atoms with Gasteiger partial charge in [-0.3, -0.25) is 0 Å². The zero-order valence-electron chi connectivity index (χ0n) is 6.18. The van der Waals surface area contributed by atoms with Gasteiger partial charge in [-0.2, -0.15) is 0 Å². The summed E-state index contributed by atoms with van der Waals surface area (Å²) < 4.78 is 5.27. The number of allylic oxidation sites excluding steroid dienone is 1. The Hall–Kier alpha value is -0.460. The molecule has 1 aliphatic rings. The molecule has 0 N–H and O–H groups in total. The van der Waals surface area contributed by atoms with Gasteiger partial charge < -0.3 is 4.74 Å². The molecule has 1 rings (SSSR count). The summed E-state index contributed by atoms with van der Waals surface area (Å²) in [4.78, 5) is 0. The lowest BCUT2D eigenvalue weighted by Crippen LogP contribution is -2.20. The average Bonchev–Trinajstić information content (AvgIpc) is 1.80. The van der Waals surface area contributed by atoms with Crippen molar-refractivity contribution in [1.82, 2.24) is 0 Å². The molecule has 0 aromatic heterocycles. The van der Waals surface area contributed by atoms with Gasteiger partial charge in [-0.05, 0) is 11.8 Å². The number of hydrogen-bond acceptors (Lipinski definition) is 1. The Bertz CT molecular complexity index is 118. The molecule has 2 atom stereocenters. The Morgan fingerprint density at radius 1 is 1.44 bits per heavy atom. The Morgan fingerprint density at radius 2 is 2.11 bits per heavy atom. The molecule has 2 unspecified atom stereocenters. The van der Waals surface area contributed by atoms with E-state index in [2.05, 4.69) is 20.4 Å². The van der Waals surface area contributed by atoms with E-state index in [1.54, 1.807) is 0 Å². The summed E-state index contributed by atoms with van der Waals surface area (Å²) in [6, 6.07) is 0. The molecule has 0 saturated carbocycles. The van der Waals surface area contributed by atoms with Crippen molar-refractivity contribution in [1.29, 1.82) is 0 Å². The lowest BCUT2D eigenvalue weighted by molar-refractivity contribution is 0.0888. The maximum atomic E-state index is 5.27. The first-order valence-electron chi connectivity index (χ1n) is 3.50. The zero-order valence-corrected chi connectivity index (χ0v) is 6.18. The normalized spacial score (nSPS) is 36.0. The van der Waals surface area contributed by atoms with Gasteiger partial charge in [0.15, 0.2) is 0 Å². The second kappa shape index (κ2) is 2.42. The molecule has 0 spiro atoms. The van der Waals surface area contributed by atoms with Gasteiger partial charge in [0.1, 0.15) is 0 Å². The van der Waals surface area contributed by atoms with Gasteiger partial charge in [0.05, 0.1) is 12.4 Å². The van der Waals surface area contributed by atoms with E-state index in [1.165, 1.54) is 0 Å². The third kappa shape index (κ3) is 1.47. The maximum Gasteiger partial charge on any atom is 0.0905 e. The lowest BCUT2D eigenvalue weighted by atomic mass is 9.91. The van der Waals surface area contributed by atoms with Crippen LogP contribution >= 0.6 is 0 Å². The van der Waals surface area contributed by atoms with Crippen LogP contribution in [0.5, 0.6) is 0 Å². The number of hydrogen-bond donors (Lipinski definition) is 0. The summed E-state index contributed by atoms with van der Waals surface area (Å²) in [6.07, 6.45) is 1.04. The second-order valence-corrected chi connectivity index (χ2v) is 3.01. The van der Waals surface area contributed by atoms with E-state index < -0.39 is 0 Å². The Kier molecular flexibility index (Phi) is 1.79. The summed E-state index contributed by atoms with van der Waals surface area (Å²) in [6.45, 7) is 9.11. The van der Waals surface area contributed by atoms with E-state index in [0.29, 0.717) is 5.92 Å². The minimum atomic E-state index is 0.704. The molecule has 0 aliphatic carbocycles. The van der Waals surface area contributed by atoms with Crippen molar-refractivity contribution in [3.8, 4) is 0 Å². The van der Waals surface area contributed by atoms with Crippen molar-refractivity contribution >= 4 is 0 Å². The molecule has 52 valence electrons. The molecule has 1 aliphatic heterocycles. The Balaban J connectivity index is 2.44. The van der Waals surface area contributed by atoms with Crippen LogP contribution in [0.4, 0.5) is 0 Å². The molecule has 1 heteroatoms. The van der Waals surface area contributed by atoms with Crippen LogP contribution in [-0.2, 0) is 4.74 Å². The van der Waals surface area contributed by atoms with Crippen LogP contribution in [0.25, 0.3) is 0 Å². The summed E-state index contributed by atoms with van der Waals surface area (Å²) in [5.74, 6) is 2.42. The van der Waals surface area contributed by atoms with E-state index in [4.69, 9.17) is 4.74 Å². The average molecular weight is 126 g/mol. The maximum absolute atomic E-state index is 5.27. The van der Waals surface area contributed by atoms with E-state index >= 15 is 0 Å². The van der Waals surface area contributed by atoms with Crippen LogP contribution in [0.2, 0.25) is 0 Å². The van der Waals surface area contributed by atoms with Gasteiger partial charge in [0, 0.05) is 6.42 Å². The summed E-state index contributed by atoms with van der Waals surface area (Å²) in [5.41, 5.74) is 0. The predicted octanol–water partition coefficient (Wildman–Crippen LogP) is 2.19. The highest BCUT2D eigenvalue weighted by molar-refractivity contribution is 4.89. The Morgan fingerprint density at radius 3 is 2.56 bits per heavy atom. The molecule has 1 nitrogen and oxygen atoms in total. The molecule has 0 amide bonds. The topological polar surface area (TPSA) is 9.23 Å². The molecule has 1 saturated heterocycles. The van der Waals surface area contributed by atoms with E-state index in [1.807, 2.05) is 0 Å². The number of rotatable bonds is 0. The fraction of sp³-hybridized carbons (Fsp3) is 0.750. The largest absolute Gasteiger partial charge is 0.498 e. The lowest BCUT2D eigenvalue weighted by Gasteiger charge is -2.27. The SMILES string of the molecule is C=C1CC(C)C(C)CO1. The van der Waals surface area contributed by atoms with Crippen LogP contribution in [0.3, 0.4) is 0 Å². The summed E-state index contributed by atoms with van der Waals surface area (Å²) in [7, 11) is 0. The molecular formula is C8H14O. The standard InChI is InChI=1S/C8H14O/c1-6-4-8(3)9-5-7(6)2/h6-7H,3-5H2,1-2H3. The molecule has 1 fully saturated rings. The van der Waals surface area contributed by atoms with Crippen molar-refractivity contribution in [2.45, 2.75) is 20.3 Å². The third-order valence-electron chi connectivity index (χ3n) is 2.07. The van der Waals surface area contributed by atoms with E-state index in [9.17, 15) is 0 Å². The molecule has 0 aromatic rings. The van der Waals surface area contributed by atoms with Crippen molar-refractivity contribution in [3.63, 3.8) is 0 Å². The van der Waals surface area contributed by atoms with Gasteiger partial charge >= 0.3 is 0 Å². The van der Waals surface area contributed by atoms with Crippen LogP contribution in [-0.4, -0.2) is 6.61 Å². The van der Waals surface area contributed by atoms with E-state index in [0.717, 1.165) is 24.7 Å². The predicted molar refractivity (Wildman–Crippen MR) is 38.0 cm³/mol. The van der Waals surface area contributed by atoms with Crippen molar-refractivity contribution in [2.75, 3.05) is 6.61 Å². The highest BCUT2D eigenvalue weighted by Crippen LogP contribution is 2.25. The minimum Gasteiger partial charge on any atom is -0.498 e. The van der Waals surface area contributed by atoms with Crippen LogP contribution in [0.1, 0.15) is 20.3 Å². The number of ether oxygens (including phenoxy) is 1. The minimum absolute atomic E-state index is 0.704. The monoisotopic (exact) mass is 126 g/mol. The fourth-order valence-corrected chi connectivity index (χ4v) is 1.03. The van der Waals surface area contributed by atoms with Crippen molar-refractivity contribution in [3.05, 3.63) is 12.3 Å². The molecule has 0 bridgehead atoms. The summed E-state index contributed by atoms with van der Waals surface area (Å²) in [5, 5.41) is 0. The van der Waals surface area contributed by atoms with Gasteiger partial charge in [0.2, 0.25) is 0 Å². The van der Waals surface area contributed by atoms with Crippen molar-refractivity contribution < 1.29 is 4.74 Å². The Labute approximate surface area is 56.7 Å². The smallest absolute Gasteiger partial charge is 0.0905 e. The zero-order chi connectivity index (χ0) is 6.85. The fourth-order valence-electron chi connectivity index (χ4n) is 1.03. The molecule has 1 heterocycles. The summed E-state index contributed by atoms with van der Waals surface area (Å²) >= 11 is 0. The van der Waals surface area contributed by atoms with E-state index in [-0.39, 0.29) is 0 Å². The van der Waals surface area contributed by atoms with Gasteiger partial charge in [-0.25, -0.2) is 0 Å². The second-order valence-electron chi connectivity index (χ2n) is 3.01. The van der Waals surface area contributed by atoms with Gasteiger partial charge in [-0.15, -0.1) is 0 Å². The third-order valence-corrected chi connectivity index (χ3v) is 2.07. The highest BCUT2D eigenvalue weighted by atomic mass is 16.5.